The summed E-state index contributed by atoms with van der Waals surface area (Å²) >= 11 is 6.10. The van der Waals surface area contributed by atoms with Gasteiger partial charge in [0.05, 0.1) is 0 Å². The summed E-state index contributed by atoms with van der Waals surface area (Å²) in [5, 5.41) is 6.06. The molecule has 3 aromatic rings. The first-order valence-corrected chi connectivity index (χ1v) is 8.35. The van der Waals surface area contributed by atoms with Gasteiger partial charge in [0.1, 0.15) is 5.69 Å². The van der Waals surface area contributed by atoms with E-state index in [0.29, 0.717) is 16.4 Å². The molecule has 8 heteroatoms. The Morgan fingerprint density at radius 2 is 1.70 bits per heavy atom. The number of aromatic nitrogens is 2. The molecule has 27 heavy (non-hydrogen) atoms. The van der Waals surface area contributed by atoms with Crippen LogP contribution in [0.2, 0.25) is 5.02 Å². The van der Waals surface area contributed by atoms with Crippen molar-refractivity contribution in [2.24, 2.45) is 0 Å². The molecule has 1 amide bonds. The van der Waals surface area contributed by atoms with Crippen molar-refractivity contribution in [3.05, 3.63) is 76.1 Å². The minimum Gasteiger partial charge on any atom is -0.324 e. The first-order valence-electron chi connectivity index (χ1n) is 7.97. The molecule has 138 valence electrons. The summed E-state index contributed by atoms with van der Waals surface area (Å²) in [4.78, 5) is 20.8. The van der Waals surface area contributed by atoms with Gasteiger partial charge >= 0.3 is 0 Å². The second-order valence-corrected chi connectivity index (χ2v) is 6.30. The Morgan fingerprint density at radius 3 is 2.41 bits per heavy atom. The first-order chi connectivity index (χ1) is 12.8. The average Bonchev–Trinajstić information content (AvgIpc) is 2.61. The van der Waals surface area contributed by atoms with E-state index in [4.69, 9.17) is 11.6 Å². The molecule has 0 saturated carbocycles. The molecular weight excluding hydrogens is 374 g/mol. The van der Waals surface area contributed by atoms with Crippen LogP contribution >= 0.6 is 11.6 Å². The third-order valence-corrected chi connectivity index (χ3v) is 4.10. The molecule has 5 nitrogen and oxygen atoms in total. The van der Waals surface area contributed by atoms with Crippen molar-refractivity contribution in [2.45, 2.75) is 13.8 Å². The van der Waals surface area contributed by atoms with Crippen LogP contribution in [0.4, 0.5) is 26.1 Å². The number of carbonyl (C=O) groups is 1. The van der Waals surface area contributed by atoms with Gasteiger partial charge in [0.2, 0.25) is 5.95 Å². The minimum absolute atomic E-state index is 0.0768. The summed E-state index contributed by atoms with van der Waals surface area (Å²) in [6.07, 6.45) is 0. The lowest BCUT2D eigenvalue weighted by Crippen LogP contribution is -2.15. The maximum Gasteiger partial charge on any atom is 0.274 e. The number of nitrogens with zero attached hydrogens (tertiary/aromatic N) is 2. The summed E-state index contributed by atoms with van der Waals surface area (Å²) in [5.41, 5.74) is 2.35. The van der Waals surface area contributed by atoms with E-state index in [1.165, 1.54) is 12.1 Å². The molecule has 0 unspecified atom stereocenters. The Balaban J connectivity index is 1.82. The molecule has 0 radical (unpaired) electrons. The molecule has 0 aliphatic heterocycles. The average molecular weight is 389 g/mol. The maximum absolute atomic E-state index is 13.3. The lowest BCUT2D eigenvalue weighted by atomic mass is 10.2. The van der Waals surface area contributed by atoms with Gasteiger partial charge < -0.3 is 10.6 Å². The molecule has 1 heterocycles. The Morgan fingerprint density at radius 1 is 0.963 bits per heavy atom. The monoisotopic (exact) mass is 388 g/mol. The molecular formula is C19H15ClF2N4O. The highest BCUT2D eigenvalue weighted by molar-refractivity contribution is 6.31. The van der Waals surface area contributed by atoms with Gasteiger partial charge in [-0.2, -0.15) is 0 Å². The third-order valence-electron chi connectivity index (χ3n) is 3.69. The van der Waals surface area contributed by atoms with Gasteiger partial charge in [0.15, 0.2) is 11.6 Å². The number of anilines is 3. The maximum atomic E-state index is 13.3. The summed E-state index contributed by atoms with van der Waals surface area (Å²) in [5.74, 6) is -2.40. The highest BCUT2D eigenvalue weighted by Gasteiger charge is 2.13. The van der Waals surface area contributed by atoms with Crippen LogP contribution in [-0.4, -0.2) is 15.9 Å². The fraction of sp³-hybridized carbons (Fsp3) is 0.105. The predicted octanol–water partition coefficient (Wildman–Crippen LogP) is 5.02. The SMILES string of the molecule is Cc1cc(C(=O)Nc2ccc(F)c(F)c2)nc(Nc2ccc(C)c(Cl)c2)n1. The lowest BCUT2D eigenvalue weighted by molar-refractivity contribution is 0.102. The second-order valence-electron chi connectivity index (χ2n) is 5.89. The van der Waals surface area contributed by atoms with Crippen molar-refractivity contribution in [3.8, 4) is 0 Å². The van der Waals surface area contributed by atoms with E-state index in [1.807, 2.05) is 19.1 Å². The Labute approximate surface area is 159 Å². The number of hydrogen-bond donors (Lipinski definition) is 2. The van der Waals surface area contributed by atoms with Gasteiger partial charge in [-0.25, -0.2) is 18.7 Å². The Kier molecular flexibility index (Phi) is 5.32. The van der Waals surface area contributed by atoms with E-state index in [2.05, 4.69) is 20.6 Å². The number of aryl methyl sites for hydroxylation is 2. The van der Waals surface area contributed by atoms with Crippen molar-refractivity contribution in [2.75, 3.05) is 10.6 Å². The molecule has 0 bridgehead atoms. The van der Waals surface area contributed by atoms with Crippen LogP contribution in [0.3, 0.4) is 0 Å². The van der Waals surface area contributed by atoms with Crippen molar-refractivity contribution in [1.29, 1.82) is 0 Å². The van der Waals surface area contributed by atoms with Gasteiger partial charge in [-0.15, -0.1) is 0 Å². The summed E-state index contributed by atoms with van der Waals surface area (Å²) in [6.45, 7) is 3.60. The molecule has 2 N–H and O–H groups in total. The number of rotatable bonds is 4. The van der Waals surface area contributed by atoms with Gasteiger partial charge in [-0.3, -0.25) is 4.79 Å². The van der Waals surface area contributed by atoms with E-state index in [0.717, 1.165) is 17.7 Å². The van der Waals surface area contributed by atoms with Crippen LogP contribution in [-0.2, 0) is 0 Å². The second kappa shape index (κ2) is 7.67. The third kappa shape index (κ3) is 4.57. The molecule has 0 aliphatic rings. The standard InChI is InChI=1S/C19H15ClF2N4O/c1-10-3-4-12(8-14(10)20)25-19-23-11(2)7-17(26-19)18(27)24-13-5-6-15(21)16(22)9-13/h3-9H,1-2H3,(H,24,27)(H,23,25,26). The number of carbonyl (C=O) groups excluding carboxylic acids is 1. The number of halogens is 3. The molecule has 3 rings (SSSR count). The summed E-state index contributed by atoms with van der Waals surface area (Å²) in [7, 11) is 0. The van der Waals surface area contributed by atoms with E-state index in [1.54, 1.807) is 13.0 Å². The lowest BCUT2D eigenvalue weighted by Gasteiger charge is -2.10. The van der Waals surface area contributed by atoms with Crippen molar-refractivity contribution in [1.82, 2.24) is 9.97 Å². The molecule has 0 atom stereocenters. The number of hydrogen-bond acceptors (Lipinski definition) is 4. The van der Waals surface area contributed by atoms with Crippen LogP contribution in [0.1, 0.15) is 21.7 Å². The van der Waals surface area contributed by atoms with E-state index < -0.39 is 17.5 Å². The summed E-state index contributed by atoms with van der Waals surface area (Å²) in [6, 6.07) is 9.97. The van der Waals surface area contributed by atoms with Gasteiger partial charge in [-0.1, -0.05) is 17.7 Å². The zero-order valence-corrected chi connectivity index (χ0v) is 15.2. The fourth-order valence-corrected chi connectivity index (χ4v) is 2.49. The van der Waals surface area contributed by atoms with Gasteiger partial charge in [0.25, 0.3) is 5.91 Å². The molecule has 0 fully saturated rings. The molecule has 0 aliphatic carbocycles. The van der Waals surface area contributed by atoms with E-state index in [-0.39, 0.29) is 17.3 Å². The number of benzene rings is 2. The quantitative estimate of drug-likeness (QED) is 0.658. The van der Waals surface area contributed by atoms with E-state index >= 15 is 0 Å². The zero-order chi connectivity index (χ0) is 19.6. The minimum atomic E-state index is -1.05. The van der Waals surface area contributed by atoms with Crippen LogP contribution in [0.5, 0.6) is 0 Å². The van der Waals surface area contributed by atoms with Gasteiger partial charge in [0, 0.05) is 28.2 Å². The van der Waals surface area contributed by atoms with Crippen molar-refractivity contribution < 1.29 is 13.6 Å². The Hall–Kier alpha value is -3.06. The normalized spacial score (nSPS) is 10.6. The van der Waals surface area contributed by atoms with Crippen LogP contribution in [0.15, 0.2) is 42.5 Å². The van der Waals surface area contributed by atoms with Crippen LogP contribution < -0.4 is 10.6 Å². The van der Waals surface area contributed by atoms with Crippen LogP contribution in [0.25, 0.3) is 0 Å². The number of nitrogens with one attached hydrogen (secondary N) is 2. The summed E-state index contributed by atoms with van der Waals surface area (Å²) < 4.78 is 26.3. The molecule has 0 spiro atoms. The van der Waals surface area contributed by atoms with Gasteiger partial charge in [-0.05, 0) is 49.7 Å². The largest absolute Gasteiger partial charge is 0.324 e. The van der Waals surface area contributed by atoms with Crippen molar-refractivity contribution >= 4 is 34.8 Å². The first kappa shape index (κ1) is 18.7. The highest BCUT2D eigenvalue weighted by atomic mass is 35.5. The zero-order valence-electron chi connectivity index (χ0n) is 14.5. The molecule has 1 aromatic heterocycles. The van der Waals surface area contributed by atoms with Crippen molar-refractivity contribution in [3.63, 3.8) is 0 Å². The van der Waals surface area contributed by atoms with Crippen LogP contribution in [0, 0.1) is 25.5 Å². The smallest absolute Gasteiger partial charge is 0.274 e. The fourth-order valence-electron chi connectivity index (χ4n) is 2.31. The molecule has 2 aromatic carbocycles. The Bertz CT molecular complexity index is 1030. The predicted molar refractivity (Wildman–Crippen MR) is 101 cm³/mol. The number of amides is 1. The molecule has 0 saturated heterocycles. The van der Waals surface area contributed by atoms with E-state index in [9.17, 15) is 13.6 Å². The topological polar surface area (TPSA) is 66.9 Å². The highest BCUT2D eigenvalue weighted by Crippen LogP contribution is 2.22.